The summed E-state index contributed by atoms with van der Waals surface area (Å²) in [6.07, 6.45) is 1.02. The number of nitrogens with zero attached hydrogens (tertiary/aromatic N) is 1. The monoisotopic (exact) mass is 417 g/mol. The predicted octanol–water partition coefficient (Wildman–Crippen LogP) is 2.59. The Hall–Kier alpha value is -3.20. The van der Waals surface area contributed by atoms with E-state index in [-0.39, 0.29) is 13.2 Å². The lowest BCUT2D eigenvalue weighted by molar-refractivity contribution is -0.142. The number of benzene rings is 2. The van der Waals surface area contributed by atoms with E-state index in [4.69, 9.17) is 4.74 Å². The molecule has 0 saturated carbocycles. The average Bonchev–Trinajstić information content (AvgIpc) is 2.69. The molecule has 0 radical (unpaired) electrons. The largest absolute Gasteiger partial charge is 0.450 e. The molecule has 9 heteroatoms. The van der Waals surface area contributed by atoms with Crippen molar-refractivity contribution in [3.8, 4) is 0 Å². The molecule has 0 saturated heterocycles. The minimum Gasteiger partial charge on any atom is -0.450 e. The van der Waals surface area contributed by atoms with E-state index in [0.717, 1.165) is 5.56 Å². The second-order valence-corrected chi connectivity index (χ2v) is 7.52. The number of anilines is 2. The van der Waals surface area contributed by atoms with Crippen LogP contribution >= 0.6 is 0 Å². The van der Waals surface area contributed by atoms with Crippen molar-refractivity contribution in [3.63, 3.8) is 0 Å². The third-order valence-corrected chi connectivity index (χ3v) is 4.82. The highest BCUT2D eigenvalue weighted by molar-refractivity contribution is 7.84. The molecule has 3 amide bonds. The van der Waals surface area contributed by atoms with Crippen LogP contribution < -0.4 is 10.6 Å². The standard InChI is InChI=1S/C20H23N3O5S/c1-4-28-20(26)22-16-9-7-15(8-10-16)21-18(24)19(25)23(2)13-14-5-11-17(12-6-14)29(3)27/h5-12H,4,13H2,1-3H3,(H,21,24)(H,22,26). The second-order valence-electron chi connectivity index (χ2n) is 6.14. The maximum atomic E-state index is 12.3. The molecule has 2 N–H and O–H groups in total. The topological polar surface area (TPSA) is 105 Å². The Labute approximate surface area is 171 Å². The van der Waals surface area contributed by atoms with E-state index < -0.39 is 28.7 Å². The van der Waals surface area contributed by atoms with Gasteiger partial charge >= 0.3 is 17.9 Å². The first-order valence-corrected chi connectivity index (χ1v) is 10.4. The lowest BCUT2D eigenvalue weighted by atomic mass is 10.2. The third kappa shape index (κ3) is 6.72. The van der Waals surface area contributed by atoms with Crippen LogP contribution in [0.5, 0.6) is 0 Å². The molecule has 0 aliphatic rings. The first-order chi connectivity index (χ1) is 13.8. The lowest BCUT2D eigenvalue weighted by Gasteiger charge is -2.17. The van der Waals surface area contributed by atoms with Crippen LogP contribution in [0.4, 0.5) is 16.2 Å². The van der Waals surface area contributed by atoms with Crippen LogP contribution in [-0.4, -0.2) is 46.9 Å². The van der Waals surface area contributed by atoms with Gasteiger partial charge in [-0.05, 0) is 48.9 Å². The molecule has 0 aromatic heterocycles. The van der Waals surface area contributed by atoms with Gasteiger partial charge in [-0.25, -0.2) is 4.79 Å². The van der Waals surface area contributed by atoms with Crippen LogP contribution in [0.3, 0.4) is 0 Å². The van der Waals surface area contributed by atoms with Crippen LogP contribution in [0.25, 0.3) is 0 Å². The van der Waals surface area contributed by atoms with Crippen molar-refractivity contribution in [2.45, 2.75) is 18.4 Å². The Kier molecular flexibility index (Phi) is 7.90. The van der Waals surface area contributed by atoms with Gasteiger partial charge in [-0.2, -0.15) is 0 Å². The first kappa shape index (κ1) is 22.1. The van der Waals surface area contributed by atoms with Crippen molar-refractivity contribution in [2.75, 3.05) is 30.5 Å². The van der Waals surface area contributed by atoms with Gasteiger partial charge in [0.25, 0.3) is 0 Å². The second kappa shape index (κ2) is 10.4. The van der Waals surface area contributed by atoms with Crippen LogP contribution in [-0.2, 0) is 31.7 Å². The molecule has 0 aliphatic carbocycles. The van der Waals surface area contributed by atoms with E-state index in [1.54, 1.807) is 61.7 Å². The number of hydrogen-bond acceptors (Lipinski definition) is 5. The van der Waals surface area contributed by atoms with Crippen molar-refractivity contribution in [1.29, 1.82) is 0 Å². The van der Waals surface area contributed by atoms with Crippen LogP contribution in [0.2, 0.25) is 0 Å². The van der Waals surface area contributed by atoms with Gasteiger partial charge in [-0.3, -0.25) is 19.1 Å². The number of carbonyl (C=O) groups is 3. The van der Waals surface area contributed by atoms with Gasteiger partial charge in [0, 0.05) is 46.9 Å². The zero-order valence-corrected chi connectivity index (χ0v) is 17.2. The summed E-state index contributed by atoms with van der Waals surface area (Å²) in [5.74, 6) is -1.47. The Balaban J connectivity index is 1.91. The molecule has 154 valence electrons. The summed E-state index contributed by atoms with van der Waals surface area (Å²) in [6.45, 7) is 2.21. The SMILES string of the molecule is CCOC(=O)Nc1ccc(NC(=O)C(=O)N(C)Cc2ccc(S(C)=O)cc2)cc1. The molecule has 2 rings (SSSR count). The summed E-state index contributed by atoms with van der Waals surface area (Å²) in [5, 5.41) is 5.06. The highest BCUT2D eigenvalue weighted by Gasteiger charge is 2.19. The molecule has 0 bridgehead atoms. The van der Waals surface area contributed by atoms with E-state index in [1.165, 1.54) is 11.9 Å². The van der Waals surface area contributed by atoms with Gasteiger partial charge in [0.05, 0.1) is 6.61 Å². The van der Waals surface area contributed by atoms with Gasteiger partial charge in [-0.1, -0.05) is 12.1 Å². The maximum absolute atomic E-state index is 12.3. The molecule has 2 aromatic carbocycles. The molecule has 0 fully saturated rings. The Morgan fingerprint density at radius 1 is 0.966 bits per heavy atom. The van der Waals surface area contributed by atoms with E-state index in [0.29, 0.717) is 16.3 Å². The van der Waals surface area contributed by atoms with E-state index in [2.05, 4.69) is 10.6 Å². The van der Waals surface area contributed by atoms with Gasteiger partial charge in [0.1, 0.15) is 0 Å². The van der Waals surface area contributed by atoms with Gasteiger partial charge < -0.3 is 15.0 Å². The van der Waals surface area contributed by atoms with Crippen LogP contribution in [0.1, 0.15) is 12.5 Å². The fourth-order valence-corrected chi connectivity index (χ4v) is 2.93. The van der Waals surface area contributed by atoms with Crippen LogP contribution in [0.15, 0.2) is 53.4 Å². The third-order valence-electron chi connectivity index (χ3n) is 3.88. The van der Waals surface area contributed by atoms with E-state index in [1.807, 2.05) is 0 Å². The number of hydrogen-bond donors (Lipinski definition) is 2. The molecule has 1 atom stereocenters. The molecular weight excluding hydrogens is 394 g/mol. The molecule has 0 aliphatic heterocycles. The average molecular weight is 417 g/mol. The van der Waals surface area contributed by atoms with Gasteiger partial charge in [0.2, 0.25) is 0 Å². The fourth-order valence-electron chi connectivity index (χ4n) is 2.41. The zero-order valence-electron chi connectivity index (χ0n) is 16.4. The molecule has 8 nitrogen and oxygen atoms in total. The molecular formula is C20H23N3O5S. The zero-order chi connectivity index (χ0) is 21.4. The van der Waals surface area contributed by atoms with Gasteiger partial charge in [0.15, 0.2) is 0 Å². The maximum Gasteiger partial charge on any atom is 0.411 e. The highest BCUT2D eigenvalue weighted by Crippen LogP contribution is 2.14. The summed E-state index contributed by atoms with van der Waals surface area (Å²) in [7, 11) is 0.458. The molecule has 2 aromatic rings. The number of likely N-dealkylation sites (N-methyl/N-ethyl adjacent to an activating group) is 1. The molecule has 0 spiro atoms. The fraction of sp³-hybridized carbons (Fsp3) is 0.250. The molecule has 0 heterocycles. The number of carbonyl (C=O) groups excluding carboxylic acids is 3. The summed E-state index contributed by atoms with van der Waals surface area (Å²) in [4.78, 5) is 37.9. The minimum absolute atomic E-state index is 0.241. The van der Waals surface area contributed by atoms with Crippen molar-refractivity contribution < 1.29 is 23.3 Å². The first-order valence-electron chi connectivity index (χ1n) is 8.82. The quantitative estimate of drug-likeness (QED) is 0.703. The number of rotatable bonds is 6. The van der Waals surface area contributed by atoms with Crippen molar-refractivity contribution in [3.05, 3.63) is 54.1 Å². The summed E-state index contributed by atoms with van der Waals surface area (Å²) in [5.41, 5.74) is 1.74. The normalized spacial score (nSPS) is 11.3. The minimum atomic E-state index is -1.07. The van der Waals surface area contributed by atoms with Crippen molar-refractivity contribution in [2.24, 2.45) is 0 Å². The molecule has 1 unspecified atom stereocenters. The van der Waals surface area contributed by atoms with Crippen molar-refractivity contribution in [1.82, 2.24) is 4.90 Å². The van der Waals surface area contributed by atoms with E-state index in [9.17, 15) is 18.6 Å². The summed E-state index contributed by atoms with van der Waals surface area (Å²) >= 11 is 0. The van der Waals surface area contributed by atoms with Crippen molar-refractivity contribution >= 4 is 40.1 Å². The predicted molar refractivity (Wildman–Crippen MR) is 111 cm³/mol. The Bertz CT molecular complexity index is 897. The highest BCUT2D eigenvalue weighted by atomic mass is 32.2. The smallest absolute Gasteiger partial charge is 0.411 e. The number of nitrogens with one attached hydrogen (secondary N) is 2. The Morgan fingerprint density at radius 2 is 1.52 bits per heavy atom. The van der Waals surface area contributed by atoms with E-state index >= 15 is 0 Å². The summed E-state index contributed by atoms with van der Waals surface area (Å²) < 4.78 is 16.2. The van der Waals surface area contributed by atoms with Gasteiger partial charge in [-0.15, -0.1) is 0 Å². The number of ether oxygens (including phenoxy) is 1. The number of amides is 3. The Morgan fingerprint density at radius 3 is 2.03 bits per heavy atom. The molecule has 29 heavy (non-hydrogen) atoms. The summed E-state index contributed by atoms with van der Waals surface area (Å²) in [6, 6.07) is 13.3. The van der Waals surface area contributed by atoms with Crippen LogP contribution in [0, 0.1) is 0 Å². The lowest BCUT2D eigenvalue weighted by Crippen LogP contribution is -2.36.